The zero-order valence-electron chi connectivity index (χ0n) is 39.7. The summed E-state index contributed by atoms with van der Waals surface area (Å²) in [5.41, 5.74) is -0.0545. The second kappa shape index (κ2) is 17.7. The molecule has 0 aromatic heterocycles. The molecule has 0 aromatic carbocycles. The molecule has 3 aliphatic heterocycles. The molecule has 0 radical (unpaired) electrons. The Morgan fingerprint density at radius 2 is 1.30 bits per heavy atom. The van der Waals surface area contributed by atoms with E-state index in [1.807, 2.05) is 6.92 Å². The highest BCUT2D eigenvalue weighted by Crippen LogP contribution is 2.76. The summed E-state index contributed by atoms with van der Waals surface area (Å²) in [6.45, 7) is 16.3. The van der Waals surface area contributed by atoms with Gasteiger partial charge in [-0.1, -0.05) is 60.1 Å². The second-order valence-corrected chi connectivity index (χ2v) is 23.6. The first kappa shape index (κ1) is 50.9. The Kier molecular flexibility index (Phi) is 13.7. The van der Waals surface area contributed by atoms with Crippen LogP contribution in [0.4, 0.5) is 0 Å². The number of aliphatic hydroxyl groups is 10. The molecular weight excluding hydrogens is 865 g/mol. The molecule has 8 aliphatic rings. The molecule has 3 saturated heterocycles. The van der Waals surface area contributed by atoms with E-state index < -0.39 is 116 Å². The number of ether oxygens (including phenoxy) is 6. The van der Waals surface area contributed by atoms with Gasteiger partial charge < -0.3 is 84.6 Å². The van der Waals surface area contributed by atoms with Crippen LogP contribution in [0.3, 0.4) is 0 Å². The number of fused-ring (bicyclic) bond motifs is 7. The first-order valence-electron chi connectivity index (χ1n) is 24.3. The topological polar surface area (TPSA) is 295 Å². The van der Waals surface area contributed by atoms with Crippen LogP contribution in [0.5, 0.6) is 0 Å². The predicted molar refractivity (Wildman–Crippen MR) is 231 cm³/mol. The molecule has 0 unspecified atom stereocenters. The van der Waals surface area contributed by atoms with Crippen molar-refractivity contribution in [1.29, 1.82) is 0 Å². The largest absolute Gasteiger partial charge is 0.479 e. The summed E-state index contributed by atoms with van der Waals surface area (Å²) < 4.78 is 36.2. The Balaban J connectivity index is 1.08. The number of carboxylic acid groups (broad SMARTS) is 1. The van der Waals surface area contributed by atoms with Crippen molar-refractivity contribution in [3.05, 3.63) is 11.6 Å². The average Bonchev–Trinajstić information content (AvgIpc) is 3.25. The molecule has 8 rings (SSSR count). The molecule has 0 bridgehead atoms. The van der Waals surface area contributed by atoms with Crippen LogP contribution in [-0.2, 0) is 33.2 Å². The van der Waals surface area contributed by atoms with E-state index in [1.165, 1.54) is 12.5 Å². The summed E-state index contributed by atoms with van der Waals surface area (Å²) >= 11 is 0. The van der Waals surface area contributed by atoms with Gasteiger partial charge >= 0.3 is 5.97 Å². The SMILES string of the molecule is C[C@H]1O[C@H](O[C@@H]2[C@@H](O[C@@H]3[C@H](O[C@H]4CC[C@@]5(C)[C@H](CC[C@]6(C)[C@H]5CC=C5[C@@H]7CC(C)(C)C[C@@H](O)[C@]7(C)CC[C@]56C)[C@@]4(C)CO)O[C@@H](C(=O)O)[C@H](O)[C@H]3O)O[C@@H](CO)[C@@H](O)[C@H]2O)[C@@H](O)[C@@H](O)[C@@H]1O. The van der Waals surface area contributed by atoms with Crippen molar-refractivity contribution < 1.29 is 89.4 Å². The maximum atomic E-state index is 12.5. The highest BCUT2D eigenvalue weighted by Gasteiger charge is 2.70. The van der Waals surface area contributed by atoms with Crippen molar-refractivity contribution in [2.24, 2.45) is 50.2 Å². The Morgan fingerprint density at radius 1 is 0.667 bits per heavy atom. The molecule has 25 atom stereocenters. The van der Waals surface area contributed by atoms with E-state index in [4.69, 9.17) is 28.4 Å². The Bertz CT molecular complexity index is 1820. The molecule has 3 heterocycles. The number of hydrogen-bond acceptors (Lipinski definition) is 17. The van der Waals surface area contributed by atoms with Crippen LogP contribution in [0, 0.1) is 50.2 Å². The molecule has 4 saturated carbocycles. The van der Waals surface area contributed by atoms with E-state index in [1.54, 1.807) is 0 Å². The van der Waals surface area contributed by atoms with Gasteiger partial charge in [0, 0.05) is 10.8 Å². The molecule has 5 aliphatic carbocycles. The number of aliphatic carboxylic acids is 1. The number of carboxylic acids is 1. The van der Waals surface area contributed by atoms with Gasteiger partial charge in [-0.2, -0.15) is 0 Å². The van der Waals surface area contributed by atoms with Crippen molar-refractivity contribution in [2.75, 3.05) is 13.2 Å². The standard InChI is InChI=1S/C48H78O18/c1-21-29(52)31(54)35(58)40(61-21)65-37-32(55)30(53)24(19-49)62-41(37)66-38-34(57)33(56)36(39(59)60)64-42(38)63-28-12-13-45(5)25(46(28,6)20-50)11-14-48(8)26(45)10-9-22-23-17-43(2,3)18-27(51)44(23,4)15-16-47(22,48)7/h9,21,23-38,40-42,49-58H,10-20H2,1-8H3,(H,59,60)/t21-,23+,24+,25+,26+,27-,28+,29-,30-,31+,32-,33-,34-,35+,36-,37+,38+,40-,41-,42-,44-,45+,46-,47-,48-/m1/s1. The fourth-order valence-corrected chi connectivity index (χ4v) is 15.1. The van der Waals surface area contributed by atoms with Crippen LogP contribution in [0.25, 0.3) is 0 Å². The van der Waals surface area contributed by atoms with Crippen molar-refractivity contribution >= 4 is 5.97 Å². The quantitative estimate of drug-likeness (QED) is 0.112. The number of aliphatic hydroxyl groups excluding tert-OH is 10. The Labute approximate surface area is 387 Å². The first-order valence-corrected chi connectivity index (χ1v) is 24.3. The highest BCUT2D eigenvalue weighted by atomic mass is 16.8. The molecule has 7 fully saturated rings. The monoisotopic (exact) mass is 943 g/mol. The molecule has 11 N–H and O–H groups in total. The van der Waals surface area contributed by atoms with Crippen molar-refractivity contribution in [2.45, 2.75) is 218 Å². The minimum absolute atomic E-state index is 0.0166. The molecule has 0 spiro atoms. The summed E-state index contributed by atoms with van der Waals surface area (Å²) in [6.07, 6.45) is -17.6. The summed E-state index contributed by atoms with van der Waals surface area (Å²) in [4.78, 5) is 12.5. The lowest BCUT2D eigenvalue weighted by Gasteiger charge is -2.72. The third kappa shape index (κ3) is 7.78. The lowest BCUT2D eigenvalue weighted by Crippen LogP contribution is -2.68. The maximum Gasteiger partial charge on any atom is 0.335 e. The van der Waals surface area contributed by atoms with E-state index in [0.717, 1.165) is 44.9 Å². The van der Waals surface area contributed by atoms with Crippen LogP contribution in [-0.4, -0.2) is 180 Å². The van der Waals surface area contributed by atoms with E-state index >= 15 is 0 Å². The third-order valence-electron chi connectivity index (χ3n) is 19.5. The van der Waals surface area contributed by atoms with Crippen LogP contribution >= 0.6 is 0 Å². The van der Waals surface area contributed by atoms with Crippen molar-refractivity contribution in [3.8, 4) is 0 Å². The smallest absolute Gasteiger partial charge is 0.335 e. The number of allylic oxidation sites excluding steroid dienone is 2. The molecular formula is C48H78O18. The van der Waals surface area contributed by atoms with Gasteiger partial charge in [0.1, 0.15) is 61.0 Å². The van der Waals surface area contributed by atoms with E-state index in [0.29, 0.717) is 12.8 Å². The number of carbonyl (C=O) groups is 1. The fraction of sp³-hybridized carbons (Fsp3) is 0.938. The number of rotatable bonds is 9. The van der Waals surface area contributed by atoms with Gasteiger partial charge in [0.25, 0.3) is 0 Å². The maximum absolute atomic E-state index is 12.5. The molecule has 0 aromatic rings. The van der Waals surface area contributed by atoms with Crippen molar-refractivity contribution in [1.82, 2.24) is 0 Å². The zero-order valence-corrected chi connectivity index (χ0v) is 39.7. The van der Waals surface area contributed by atoms with Crippen LogP contribution in [0.15, 0.2) is 11.6 Å². The van der Waals surface area contributed by atoms with Crippen LogP contribution in [0.1, 0.15) is 113 Å². The van der Waals surface area contributed by atoms with E-state index in [-0.39, 0.29) is 57.5 Å². The third-order valence-corrected chi connectivity index (χ3v) is 19.5. The van der Waals surface area contributed by atoms with Crippen LogP contribution < -0.4 is 0 Å². The van der Waals surface area contributed by atoms with Gasteiger partial charge in [0.15, 0.2) is 25.0 Å². The second-order valence-electron chi connectivity index (χ2n) is 23.6. The zero-order chi connectivity index (χ0) is 48.4. The molecule has 18 heteroatoms. The minimum atomic E-state index is -2.07. The molecule has 66 heavy (non-hydrogen) atoms. The lowest BCUT2D eigenvalue weighted by molar-refractivity contribution is -0.396. The van der Waals surface area contributed by atoms with Crippen molar-refractivity contribution in [3.63, 3.8) is 0 Å². The van der Waals surface area contributed by atoms with Crippen LogP contribution in [0.2, 0.25) is 0 Å². The first-order chi connectivity index (χ1) is 30.7. The van der Waals surface area contributed by atoms with Gasteiger partial charge in [-0.3, -0.25) is 0 Å². The molecule has 378 valence electrons. The number of hydrogen-bond donors (Lipinski definition) is 11. The summed E-state index contributed by atoms with van der Waals surface area (Å²) in [7, 11) is 0. The summed E-state index contributed by atoms with van der Waals surface area (Å²) in [5, 5.41) is 120. The van der Waals surface area contributed by atoms with Gasteiger partial charge in [0.05, 0.1) is 31.5 Å². The lowest BCUT2D eigenvalue weighted by atomic mass is 9.33. The summed E-state index contributed by atoms with van der Waals surface area (Å²) in [5.74, 6) is -1.16. The molecule has 18 nitrogen and oxygen atoms in total. The predicted octanol–water partition coefficient (Wildman–Crippen LogP) is 0.705. The Morgan fingerprint density at radius 3 is 1.94 bits per heavy atom. The summed E-state index contributed by atoms with van der Waals surface area (Å²) in [6, 6.07) is 0. The highest BCUT2D eigenvalue weighted by molar-refractivity contribution is 5.73. The van der Waals surface area contributed by atoms with Gasteiger partial charge in [-0.25, -0.2) is 4.79 Å². The van der Waals surface area contributed by atoms with E-state index in [9.17, 15) is 61.0 Å². The average molecular weight is 943 g/mol. The van der Waals surface area contributed by atoms with Gasteiger partial charge in [0.2, 0.25) is 0 Å². The normalized spacial score (nSPS) is 55.9. The van der Waals surface area contributed by atoms with Gasteiger partial charge in [-0.05, 0) is 104 Å². The van der Waals surface area contributed by atoms with E-state index in [2.05, 4.69) is 47.6 Å². The minimum Gasteiger partial charge on any atom is -0.479 e. The fourth-order valence-electron chi connectivity index (χ4n) is 15.1. The van der Waals surface area contributed by atoms with Gasteiger partial charge in [-0.15, -0.1) is 0 Å². The molecule has 0 amide bonds. The Hall–Kier alpha value is -1.43.